The van der Waals surface area contributed by atoms with Crippen LogP contribution in [0.5, 0.6) is 17.2 Å². The molecule has 7 nitrogen and oxygen atoms in total. The Balaban J connectivity index is 2.04. The van der Waals surface area contributed by atoms with E-state index in [1.165, 1.54) is 6.33 Å². The molecule has 2 aromatic heterocycles. The predicted octanol–water partition coefficient (Wildman–Crippen LogP) is 5.27. The smallest absolute Gasteiger partial charge is 0.203 e. The molecule has 0 saturated heterocycles. The molecule has 2 N–H and O–H groups in total. The molecule has 0 amide bonds. The van der Waals surface area contributed by atoms with Crippen LogP contribution in [0.3, 0.4) is 0 Å². The Labute approximate surface area is 188 Å². The van der Waals surface area contributed by atoms with Crippen LogP contribution >= 0.6 is 23.2 Å². The molecule has 0 aliphatic carbocycles. The number of methoxy groups -OCH3 is 3. The monoisotopic (exact) mass is 456 g/mol. The quantitative estimate of drug-likeness (QED) is 0.436. The van der Waals surface area contributed by atoms with Crippen molar-refractivity contribution in [2.75, 3.05) is 27.1 Å². The zero-order valence-electron chi connectivity index (χ0n) is 16.9. The highest BCUT2D eigenvalue weighted by Gasteiger charge is 2.19. The molecule has 158 valence electrons. The van der Waals surface area contributed by atoms with Crippen LogP contribution in [-0.2, 0) is 0 Å². The largest absolute Gasteiger partial charge is 0.493 e. The standard InChI is InChI=1S/C22H18Cl2N4O3/c1-29-17-6-11(7-18(30-2)20(17)31-3)16-9-14(13-5-4-12(23)8-15(13)24)19-21(25)26-10-27-22(19)28-16/h4-10H,1-3H3,(H2,25,26,27,28). The van der Waals surface area contributed by atoms with Gasteiger partial charge in [-0.25, -0.2) is 15.0 Å². The van der Waals surface area contributed by atoms with Crippen molar-refractivity contribution < 1.29 is 14.2 Å². The summed E-state index contributed by atoms with van der Waals surface area (Å²) in [5.74, 6) is 1.80. The van der Waals surface area contributed by atoms with Crippen LogP contribution in [0.2, 0.25) is 10.0 Å². The summed E-state index contributed by atoms with van der Waals surface area (Å²) in [5.41, 5.74) is 9.42. The molecule has 0 atom stereocenters. The number of hydrogen-bond acceptors (Lipinski definition) is 7. The maximum Gasteiger partial charge on any atom is 0.203 e. The Morgan fingerprint density at radius 1 is 0.839 bits per heavy atom. The molecule has 2 aromatic carbocycles. The van der Waals surface area contributed by atoms with Crippen molar-refractivity contribution in [3.05, 3.63) is 52.8 Å². The average molecular weight is 457 g/mol. The highest BCUT2D eigenvalue weighted by atomic mass is 35.5. The summed E-state index contributed by atoms with van der Waals surface area (Å²) in [5, 5.41) is 1.60. The molecule has 0 bridgehead atoms. The number of pyridine rings is 1. The summed E-state index contributed by atoms with van der Waals surface area (Å²) < 4.78 is 16.4. The molecule has 0 saturated carbocycles. The molecule has 0 aliphatic heterocycles. The van der Waals surface area contributed by atoms with Crippen molar-refractivity contribution in [1.82, 2.24) is 15.0 Å². The average Bonchev–Trinajstić information content (AvgIpc) is 2.77. The number of ether oxygens (including phenoxy) is 3. The molecule has 9 heteroatoms. The lowest BCUT2D eigenvalue weighted by molar-refractivity contribution is 0.324. The van der Waals surface area contributed by atoms with Gasteiger partial charge in [0.25, 0.3) is 0 Å². The minimum Gasteiger partial charge on any atom is -0.493 e. The molecule has 0 spiro atoms. The summed E-state index contributed by atoms with van der Waals surface area (Å²) in [6, 6.07) is 10.8. The summed E-state index contributed by atoms with van der Waals surface area (Å²) in [4.78, 5) is 13.1. The minimum atomic E-state index is 0.301. The summed E-state index contributed by atoms with van der Waals surface area (Å²) in [7, 11) is 4.66. The van der Waals surface area contributed by atoms with Crippen LogP contribution in [0, 0.1) is 0 Å². The molecule has 31 heavy (non-hydrogen) atoms. The highest BCUT2D eigenvalue weighted by molar-refractivity contribution is 6.36. The van der Waals surface area contributed by atoms with E-state index in [0.717, 1.165) is 16.7 Å². The maximum atomic E-state index is 6.51. The van der Waals surface area contributed by atoms with Gasteiger partial charge in [-0.2, -0.15) is 0 Å². The maximum absolute atomic E-state index is 6.51. The Kier molecular flexibility index (Phi) is 5.71. The van der Waals surface area contributed by atoms with Crippen molar-refractivity contribution >= 4 is 40.1 Å². The Morgan fingerprint density at radius 2 is 1.55 bits per heavy atom. The fraction of sp³-hybridized carbons (Fsp3) is 0.136. The second-order valence-corrected chi connectivity index (χ2v) is 7.39. The van der Waals surface area contributed by atoms with E-state index >= 15 is 0 Å². The van der Waals surface area contributed by atoms with E-state index in [4.69, 9.17) is 48.1 Å². The van der Waals surface area contributed by atoms with Gasteiger partial charge in [0.15, 0.2) is 17.1 Å². The number of halogens is 2. The van der Waals surface area contributed by atoms with Crippen LogP contribution in [0.15, 0.2) is 42.7 Å². The van der Waals surface area contributed by atoms with Gasteiger partial charge in [0.05, 0.1) is 32.4 Å². The number of nitrogens with zero attached hydrogens (tertiary/aromatic N) is 3. The Bertz CT molecular complexity index is 1270. The third-order valence-corrected chi connectivity index (χ3v) is 5.36. The minimum absolute atomic E-state index is 0.301. The second kappa shape index (κ2) is 8.45. The second-order valence-electron chi connectivity index (χ2n) is 6.55. The van der Waals surface area contributed by atoms with Crippen LogP contribution in [0.1, 0.15) is 0 Å². The third kappa shape index (κ3) is 3.78. The molecule has 4 rings (SSSR count). The Morgan fingerprint density at radius 3 is 2.16 bits per heavy atom. The van der Waals surface area contributed by atoms with E-state index in [9.17, 15) is 0 Å². The van der Waals surface area contributed by atoms with Gasteiger partial charge in [0.2, 0.25) is 5.75 Å². The number of anilines is 1. The number of aromatic nitrogens is 3. The first-order chi connectivity index (χ1) is 15.0. The number of fused-ring (bicyclic) bond motifs is 1. The predicted molar refractivity (Wildman–Crippen MR) is 122 cm³/mol. The number of nitrogens with two attached hydrogens (primary N) is 1. The van der Waals surface area contributed by atoms with E-state index in [-0.39, 0.29) is 0 Å². The number of benzene rings is 2. The first kappa shape index (κ1) is 21.0. The van der Waals surface area contributed by atoms with Crippen LogP contribution < -0.4 is 19.9 Å². The fourth-order valence-corrected chi connectivity index (χ4v) is 3.90. The lowest BCUT2D eigenvalue weighted by atomic mass is 9.99. The van der Waals surface area contributed by atoms with Crippen molar-refractivity contribution in [3.8, 4) is 39.6 Å². The van der Waals surface area contributed by atoms with Crippen molar-refractivity contribution in [1.29, 1.82) is 0 Å². The van der Waals surface area contributed by atoms with Crippen LogP contribution in [-0.4, -0.2) is 36.3 Å². The van der Waals surface area contributed by atoms with E-state index in [2.05, 4.69) is 9.97 Å². The molecule has 0 unspecified atom stereocenters. The van der Waals surface area contributed by atoms with Crippen LogP contribution in [0.4, 0.5) is 5.82 Å². The number of hydrogen-bond donors (Lipinski definition) is 1. The van der Waals surface area contributed by atoms with E-state index in [1.807, 2.05) is 24.3 Å². The fourth-order valence-electron chi connectivity index (χ4n) is 3.39. The molecular formula is C22H18Cl2N4O3. The van der Waals surface area contributed by atoms with E-state index in [1.54, 1.807) is 33.5 Å². The zero-order valence-corrected chi connectivity index (χ0v) is 18.5. The van der Waals surface area contributed by atoms with Gasteiger partial charge in [-0.3, -0.25) is 0 Å². The number of rotatable bonds is 5. The first-order valence-corrected chi connectivity index (χ1v) is 9.89. The third-order valence-electron chi connectivity index (χ3n) is 4.82. The van der Waals surface area contributed by atoms with Gasteiger partial charge in [-0.05, 0) is 30.3 Å². The Hall–Kier alpha value is -3.29. The molecule has 0 radical (unpaired) electrons. The lowest BCUT2D eigenvalue weighted by Gasteiger charge is -2.15. The molecule has 2 heterocycles. The number of nitrogen functional groups attached to an aromatic ring is 1. The SMILES string of the molecule is COc1cc(-c2cc(-c3ccc(Cl)cc3Cl)c3c(N)ncnc3n2)cc(OC)c1OC. The molecule has 0 fully saturated rings. The van der Waals surface area contributed by atoms with Gasteiger partial charge in [-0.15, -0.1) is 0 Å². The first-order valence-electron chi connectivity index (χ1n) is 9.13. The van der Waals surface area contributed by atoms with Crippen molar-refractivity contribution in [2.24, 2.45) is 0 Å². The van der Waals surface area contributed by atoms with Gasteiger partial charge < -0.3 is 19.9 Å². The molecular weight excluding hydrogens is 439 g/mol. The summed E-state index contributed by atoms with van der Waals surface area (Å²) >= 11 is 12.6. The van der Waals surface area contributed by atoms with Gasteiger partial charge in [0.1, 0.15) is 12.1 Å². The van der Waals surface area contributed by atoms with Crippen molar-refractivity contribution in [3.63, 3.8) is 0 Å². The van der Waals surface area contributed by atoms with Crippen molar-refractivity contribution in [2.45, 2.75) is 0 Å². The van der Waals surface area contributed by atoms with E-state index < -0.39 is 0 Å². The van der Waals surface area contributed by atoms with Crippen LogP contribution in [0.25, 0.3) is 33.4 Å². The highest BCUT2D eigenvalue weighted by Crippen LogP contribution is 2.43. The van der Waals surface area contributed by atoms with E-state index in [0.29, 0.717) is 49.8 Å². The summed E-state index contributed by atoms with van der Waals surface area (Å²) in [6.07, 6.45) is 1.37. The topological polar surface area (TPSA) is 92.4 Å². The normalized spacial score (nSPS) is 10.9. The van der Waals surface area contributed by atoms with Gasteiger partial charge >= 0.3 is 0 Å². The molecule has 0 aliphatic rings. The zero-order chi connectivity index (χ0) is 22.1. The van der Waals surface area contributed by atoms with Gasteiger partial charge in [0, 0.05) is 26.7 Å². The summed E-state index contributed by atoms with van der Waals surface area (Å²) in [6.45, 7) is 0. The van der Waals surface area contributed by atoms with Gasteiger partial charge in [-0.1, -0.05) is 29.3 Å². The lowest BCUT2D eigenvalue weighted by Crippen LogP contribution is -2.00. The molecule has 4 aromatic rings.